The monoisotopic (exact) mass is 389 g/mol. The van der Waals surface area contributed by atoms with Gasteiger partial charge in [-0.25, -0.2) is 4.68 Å². The Morgan fingerprint density at radius 2 is 2.08 bits per heavy atom. The molecule has 0 atom stereocenters. The fourth-order valence-electron chi connectivity index (χ4n) is 2.30. The first-order valence-corrected chi connectivity index (χ1v) is 8.68. The summed E-state index contributed by atoms with van der Waals surface area (Å²) in [7, 11) is 0. The molecular weight excluding hydrogens is 373 g/mol. The van der Waals surface area contributed by atoms with Crippen molar-refractivity contribution in [1.29, 1.82) is 0 Å². The Labute approximate surface area is 161 Å². The maximum atomic E-state index is 6.17. The normalized spacial score (nSPS) is 10.5. The lowest BCUT2D eigenvalue weighted by atomic mass is 10.2. The van der Waals surface area contributed by atoms with E-state index in [1.807, 2.05) is 30.3 Å². The predicted molar refractivity (Wildman–Crippen MR) is 103 cm³/mol. The first-order valence-electron chi connectivity index (χ1n) is 7.92. The molecule has 8 heteroatoms. The number of allylic oxidation sites excluding steroid dienone is 1. The van der Waals surface area contributed by atoms with Crippen LogP contribution >= 0.6 is 23.2 Å². The van der Waals surface area contributed by atoms with Gasteiger partial charge in [-0.05, 0) is 40.3 Å². The lowest BCUT2D eigenvalue weighted by Crippen LogP contribution is -2.08. The van der Waals surface area contributed by atoms with E-state index >= 15 is 0 Å². The molecular formula is C18H17Cl2N5O. The van der Waals surface area contributed by atoms with Crippen molar-refractivity contribution in [2.45, 2.75) is 19.7 Å². The number of rotatable bonds is 8. The van der Waals surface area contributed by atoms with E-state index in [0.29, 0.717) is 35.7 Å². The molecule has 6 nitrogen and oxygen atoms in total. The maximum absolute atomic E-state index is 6.17. The molecule has 0 aliphatic heterocycles. The van der Waals surface area contributed by atoms with Crippen LogP contribution in [0.3, 0.4) is 0 Å². The molecule has 26 heavy (non-hydrogen) atoms. The van der Waals surface area contributed by atoms with Gasteiger partial charge in [0.1, 0.15) is 12.4 Å². The van der Waals surface area contributed by atoms with Gasteiger partial charge < -0.3 is 10.1 Å². The summed E-state index contributed by atoms with van der Waals surface area (Å²) in [5, 5.41) is 15.9. The van der Waals surface area contributed by atoms with E-state index < -0.39 is 0 Å². The van der Waals surface area contributed by atoms with Gasteiger partial charge >= 0.3 is 0 Å². The molecule has 1 N–H and O–H groups in total. The molecule has 0 spiro atoms. The van der Waals surface area contributed by atoms with Crippen LogP contribution < -0.4 is 10.1 Å². The van der Waals surface area contributed by atoms with Crippen molar-refractivity contribution in [2.24, 2.45) is 0 Å². The summed E-state index contributed by atoms with van der Waals surface area (Å²) >= 11 is 12.1. The topological polar surface area (TPSA) is 64.9 Å². The van der Waals surface area contributed by atoms with Crippen LogP contribution in [0.5, 0.6) is 5.75 Å². The third-order valence-corrected chi connectivity index (χ3v) is 4.18. The van der Waals surface area contributed by atoms with Gasteiger partial charge in [0.05, 0.1) is 6.54 Å². The Balaban J connectivity index is 1.61. The zero-order valence-electron chi connectivity index (χ0n) is 13.9. The van der Waals surface area contributed by atoms with Crippen LogP contribution in [-0.2, 0) is 19.7 Å². The highest BCUT2D eigenvalue weighted by Gasteiger charge is 2.06. The van der Waals surface area contributed by atoms with E-state index in [0.717, 1.165) is 16.9 Å². The molecule has 2 aromatic carbocycles. The standard InChI is InChI=1S/C18H17Cl2N5O/c1-2-8-25-18(22-23-24-25)21-11-13-4-3-5-16(9-13)26-12-14-6-7-15(19)10-17(14)20/h2-7,9-10H,1,8,11-12H2,(H,21,22,24). The Bertz CT molecular complexity index is 897. The SMILES string of the molecule is C=CCn1nnnc1NCc1cccc(OCc2ccc(Cl)cc2Cl)c1. The Morgan fingerprint density at radius 1 is 1.19 bits per heavy atom. The number of benzene rings is 2. The average Bonchev–Trinajstić information content (AvgIpc) is 3.07. The summed E-state index contributed by atoms with van der Waals surface area (Å²) in [6, 6.07) is 13.1. The molecule has 0 unspecified atom stereocenters. The van der Waals surface area contributed by atoms with Crippen LogP contribution in [-0.4, -0.2) is 20.2 Å². The van der Waals surface area contributed by atoms with E-state index in [1.165, 1.54) is 0 Å². The van der Waals surface area contributed by atoms with E-state index in [2.05, 4.69) is 27.4 Å². The fourth-order valence-corrected chi connectivity index (χ4v) is 2.77. The summed E-state index contributed by atoms with van der Waals surface area (Å²) in [6.45, 7) is 5.16. The van der Waals surface area contributed by atoms with Gasteiger partial charge in [-0.3, -0.25) is 0 Å². The van der Waals surface area contributed by atoms with Crippen molar-refractivity contribution >= 4 is 29.2 Å². The first-order chi connectivity index (χ1) is 12.7. The van der Waals surface area contributed by atoms with Crippen molar-refractivity contribution in [3.05, 3.63) is 76.3 Å². The van der Waals surface area contributed by atoms with E-state index in [9.17, 15) is 0 Å². The third kappa shape index (κ3) is 4.74. The molecule has 3 aromatic rings. The van der Waals surface area contributed by atoms with Gasteiger partial charge in [0.15, 0.2) is 0 Å². The lowest BCUT2D eigenvalue weighted by Gasteiger charge is -2.10. The number of ether oxygens (including phenoxy) is 1. The minimum absolute atomic E-state index is 0.366. The van der Waals surface area contributed by atoms with Crippen LogP contribution in [0.4, 0.5) is 5.95 Å². The van der Waals surface area contributed by atoms with Gasteiger partial charge in [0, 0.05) is 22.2 Å². The zero-order chi connectivity index (χ0) is 18.4. The third-order valence-electron chi connectivity index (χ3n) is 3.59. The molecule has 134 valence electrons. The Hall–Kier alpha value is -2.57. The van der Waals surface area contributed by atoms with E-state index in [4.69, 9.17) is 27.9 Å². The second-order valence-electron chi connectivity index (χ2n) is 5.50. The second kappa shape index (κ2) is 8.69. The van der Waals surface area contributed by atoms with Gasteiger partial charge in [-0.15, -0.1) is 6.58 Å². The van der Waals surface area contributed by atoms with Crippen molar-refractivity contribution < 1.29 is 4.74 Å². The molecule has 0 bridgehead atoms. The number of hydrogen-bond donors (Lipinski definition) is 1. The molecule has 1 aromatic heterocycles. The minimum atomic E-state index is 0.366. The number of tetrazole rings is 1. The van der Waals surface area contributed by atoms with Crippen molar-refractivity contribution in [3.8, 4) is 5.75 Å². The van der Waals surface area contributed by atoms with Gasteiger partial charge in [-0.2, -0.15) is 0 Å². The Morgan fingerprint density at radius 3 is 2.88 bits per heavy atom. The van der Waals surface area contributed by atoms with Crippen molar-refractivity contribution in [3.63, 3.8) is 0 Å². The van der Waals surface area contributed by atoms with E-state index in [-0.39, 0.29) is 0 Å². The van der Waals surface area contributed by atoms with Gasteiger partial charge in [-0.1, -0.05) is 52.6 Å². The molecule has 0 saturated carbocycles. The molecule has 1 heterocycles. The van der Waals surface area contributed by atoms with Crippen LogP contribution in [0, 0.1) is 0 Å². The fraction of sp³-hybridized carbons (Fsp3) is 0.167. The van der Waals surface area contributed by atoms with Crippen molar-refractivity contribution in [1.82, 2.24) is 20.2 Å². The number of anilines is 1. The molecule has 0 radical (unpaired) electrons. The van der Waals surface area contributed by atoms with Crippen LogP contribution in [0.25, 0.3) is 0 Å². The highest BCUT2D eigenvalue weighted by molar-refractivity contribution is 6.35. The highest BCUT2D eigenvalue weighted by atomic mass is 35.5. The number of nitrogens with zero attached hydrogens (tertiary/aromatic N) is 4. The quantitative estimate of drug-likeness (QED) is 0.579. The lowest BCUT2D eigenvalue weighted by molar-refractivity contribution is 0.306. The van der Waals surface area contributed by atoms with Crippen molar-refractivity contribution in [2.75, 3.05) is 5.32 Å². The largest absolute Gasteiger partial charge is 0.489 e. The predicted octanol–water partition coefficient (Wildman–Crippen LogP) is 4.36. The maximum Gasteiger partial charge on any atom is 0.243 e. The highest BCUT2D eigenvalue weighted by Crippen LogP contribution is 2.23. The van der Waals surface area contributed by atoms with Crippen LogP contribution in [0.15, 0.2) is 55.1 Å². The summed E-state index contributed by atoms with van der Waals surface area (Å²) in [5.41, 5.74) is 1.92. The second-order valence-corrected chi connectivity index (χ2v) is 6.34. The van der Waals surface area contributed by atoms with Crippen LogP contribution in [0.2, 0.25) is 10.0 Å². The van der Waals surface area contributed by atoms with Gasteiger partial charge in [0.25, 0.3) is 0 Å². The molecule has 0 aliphatic carbocycles. The molecule has 0 fully saturated rings. The van der Waals surface area contributed by atoms with Crippen LogP contribution in [0.1, 0.15) is 11.1 Å². The molecule has 0 saturated heterocycles. The zero-order valence-corrected chi connectivity index (χ0v) is 15.4. The number of nitrogens with one attached hydrogen (secondary N) is 1. The molecule has 0 aliphatic rings. The summed E-state index contributed by atoms with van der Waals surface area (Å²) < 4.78 is 7.47. The summed E-state index contributed by atoms with van der Waals surface area (Å²) in [5.74, 6) is 1.34. The Kier molecular flexibility index (Phi) is 6.09. The summed E-state index contributed by atoms with van der Waals surface area (Å²) in [4.78, 5) is 0. The summed E-state index contributed by atoms with van der Waals surface area (Å²) in [6.07, 6.45) is 1.73. The van der Waals surface area contributed by atoms with E-state index in [1.54, 1.807) is 22.9 Å². The molecule has 0 amide bonds. The average molecular weight is 390 g/mol. The molecule has 3 rings (SSSR count). The van der Waals surface area contributed by atoms with Gasteiger partial charge in [0.2, 0.25) is 5.95 Å². The number of aromatic nitrogens is 4. The number of hydrogen-bond acceptors (Lipinski definition) is 5. The smallest absolute Gasteiger partial charge is 0.243 e. The first kappa shape index (κ1) is 18.2. The number of halogens is 2. The minimum Gasteiger partial charge on any atom is -0.489 e.